The lowest BCUT2D eigenvalue weighted by Gasteiger charge is -2.24. The van der Waals surface area contributed by atoms with Gasteiger partial charge in [0.15, 0.2) is 0 Å². The van der Waals surface area contributed by atoms with E-state index in [0.717, 1.165) is 36.3 Å². The van der Waals surface area contributed by atoms with E-state index in [4.69, 9.17) is 4.79 Å². The van der Waals surface area contributed by atoms with E-state index in [1.807, 2.05) is 41.1 Å². The molecule has 3 rings (SSSR count). The topological polar surface area (TPSA) is 115 Å². The number of piperidine rings is 1. The highest BCUT2D eigenvalue weighted by Crippen LogP contribution is 2.27. The van der Waals surface area contributed by atoms with Gasteiger partial charge in [-0.1, -0.05) is 66.5 Å². The summed E-state index contributed by atoms with van der Waals surface area (Å²) in [6.07, 6.45) is 11.2. The number of carbonyl (C=O) groups is 3. The maximum Gasteiger partial charge on any atom is 0.220 e. The van der Waals surface area contributed by atoms with Crippen LogP contribution >= 0.6 is 11.3 Å². The lowest BCUT2D eigenvalue weighted by atomic mass is 9.99. The lowest BCUT2D eigenvalue weighted by molar-refractivity contribution is -0.122. The number of hydrogen-bond donors (Lipinski definition) is 4. The number of nitrogens with zero attached hydrogens (tertiary/aromatic N) is 2. The van der Waals surface area contributed by atoms with Gasteiger partial charge in [-0.05, 0) is 82.7 Å². The highest BCUT2D eigenvalue weighted by molar-refractivity contribution is 7.18. The van der Waals surface area contributed by atoms with Crippen LogP contribution in [0.5, 0.6) is 0 Å². The predicted octanol–water partition coefficient (Wildman–Crippen LogP) is 5.55. The Balaban J connectivity index is 0. The molecule has 9 nitrogen and oxygen atoms in total. The Bertz CT molecular complexity index is 1040. The van der Waals surface area contributed by atoms with Crippen molar-refractivity contribution in [3.63, 3.8) is 0 Å². The third kappa shape index (κ3) is 21.7. The van der Waals surface area contributed by atoms with E-state index in [1.54, 1.807) is 24.5 Å². The summed E-state index contributed by atoms with van der Waals surface area (Å²) in [6, 6.07) is 6.66. The molecule has 2 unspecified atom stereocenters. The van der Waals surface area contributed by atoms with Gasteiger partial charge in [-0.15, -0.1) is 11.3 Å². The number of fused-ring (bicyclic) bond motifs is 1. The molecule has 2 amide bonds. The van der Waals surface area contributed by atoms with Crippen molar-refractivity contribution >= 4 is 40.2 Å². The molecule has 0 aliphatic carbocycles. The van der Waals surface area contributed by atoms with Crippen molar-refractivity contribution in [3.05, 3.63) is 40.9 Å². The van der Waals surface area contributed by atoms with Crippen LogP contribution < -0.4 is 21.3 Å². The Morgan fingerprint density at radius 1 is 1.04 bits per heavy atom. The molecule has 4 N–H and O–H groups in total. The molecule has 258 valence electrons. The van der Waals surface area contributed by atoms with Crippen molar-refractivity contribution in [3.8, 4) is 0 Å². The normalized spacial score (nSPS) is 13.8. The molecule has 0 radical (unpaired) electrons. The van der Waals surface area contributed by atoms with Crippen molar-refractivity contribution in [2.24, 2.45) is 5.92 Å². The number of likely N-dealkylation sites (N-methyl/N-ethyl adjacent to an activating group) is 1. The van der Waals surface area contributed by atoms with Gasteiger partial charge in [-0.25, -0.2) is 4.98 Å². The van der Waals surface area contributed by atoms with Crippen molar-refractivity contribution in [1.29, 1.82) is 0 Å². The molecule has 1 saturated heterocycles. The van der Waals surface area contributed by atoms with Crippen molar-refractivity contribution in [2.75, 3.05) is 54.4 Å². The average molecular weight is 649 g/mol. The lowest BCUT2D eigenvalue weighted by Crippen LogP contribution is -2.45. The number of carbonyl (C=O) groups excluding carboxylic acids is 3. The number of nitrogens with one attached hydrogen (secondary N) is 4. The van der Waals surface area contributed by atoms with Gasteiger partial charge in [0.05, 0.1) is 15.2 Å². The average Bonchev–Trinajstić information content (AvgIpc) is 3.48. The SMILES string of the molecule is CC.CCC(C)C(CNC)NC(=O)CCc1nc2ccc(C(C)C)cc2s1.CNC.CNC=O.O=C/C=C/CN1CCCCC1. The largest absolute Gasteiger partial charge is 0.362 e. The third-order valence-electron chi connectivity index (χ3n) is 6.94. The number of benzene rings is 1. The van der Waals surface area contributed by atoms with Crippen LogP contribution in [0.3, 0.4) is 0 Å². The fourth-order valence-corrected chi connectivity index (χ4v) is 5.28. The zero-order valence-electron chi connectivity index (χ0n) is 29.9. The first kappa shape index (κ1) is 44.5. The first-order valence-corrected chi connectivity index (χ1v) is 17.4. The molecule has 2 atom stereocenters. The van der Waals surface area contributed by atoms with Gasteiger partial charge in [0.2, 0.25) is 12.3 Å². The summed E-state index contributed by atoms with van der Waals surface area (Å²) in [5.74, 6) is 1.10. The van der Waals surface area contributed by atoms with E-state index in [2.05, 4.69) is 77.0 Å². The summed E-state index contributed by atoms with van der Waals surface area (Å²) < 4.78 is 1.22. The second kappa shape index (κ2) is 30.0. The molecule has 0 spiro atoms. The maximum absolute atomic E-state index is 12.3. The summed E-state index contributed by atoms with van der Waals surface area (Å²) >= 11 is 1.71. The number of aryl methyl sites for hydroxylation is 1. The van der Waals surface area contributed by atoms with Crippen LogP contribution in [0.4, 0.5) is 0 Å². The quantitative estimate of drug-likeness (QED) is 0.166. The van der Waals surface area contributed by atoms with E-state index >= 15 is 0 Å². The fraction of sp³-hybridized carbons (Fsp3) is 0.657. The minimum absolute atomic E-state index is 0.114. The zero-order chi connectivity index (χ0) is 34.5. The summed E-state index contributed by atoms with van der Waals surface area (Å²) in [7, 11) is 7.24. The van der Waals surface area contributed by atoms with E-state index in [-0.39, 0.29) is 11.9 Å². The van der Waals surface area contributed by atoms with E-state index in [0.29, 0.717) is 31.1 Å². The molecule has 0 bridgehead atoms. The number of likely N-dealkylation sites (tertiary alicyclic amines) is 1. The van der Waals surface area contributed by atoms with E-state index in [1.165, 1.54) is 42.6 Å². The monoisotopic (exact) mass is 648 g/mol. The second-order valence-corrected chi connectivity index (χ2v) is 12.1. The van der Waals surface area contributed by atoms with Gasteiger partial charge in [0.1, 0.15) is 6.29 Å². The second-order valence-electron chi connectivity index (χ2n) is 10.9. The standard InChI is InChI=1S/C20H31N3OS.C9H15NO.C2H5NO.C2H7N.C2H6/c1-6-14(4)17(12-21-5)22-19(24)9-10-20-23-16-8-7-15(13(2)3)11-18(16)25-20;11-9-5-4-8-10-6-2-1-3-7-10;1-3-2-4;1-3-2;1-2/h7-8,11,13-14,17,21H,6,9-10,12H2,1-5H3,(H,22,24);4-5,9H,1-3,6-8H2;2H,1H3,(H,3,4);3H,1-2H3;1-2H3/b;5-4+;;;. The number of aldehydes is 1. The zero-order valence-corrected chi connectivity index (χ0v) is 30.7. The minimum Gasteiger partial charge on any atom is -0.362 e. The first-order valence-electron chi connectivity index (χ1n) is 16.6. The van der Waals surface area contributed by atoms with Crippen molar-refractivity contribution in [1.82, 2.24) is 31.2 Å². The van der Waals surface area contributed by atoms with Crippen LogP contribution in [-0.2, 0) is 20.8 Å². The third-order valence-corrected chi connectivity index (χ3v) is 8.01. The Morgan fingerprint density at radius 2 is 1.67 bits per heavy atom. The number of allylic oxidation sites excluding steroid dienone is 1. The Morgan fingerprint density at radius 3 is 2.18 bits per heavy atom. The molecule has 2 heterocycles. The number of amides is 2. The molecular formula is C35H64N6O3S. The van der Waals surface area contributed by atoms with E-state index < -0.39 is 0 Å². The predicted molar refractivity (Wildman–Crippen MR) is 194 cm³/mol. The van der Waals surface area contributed by atoms with Crippen LogP contribution in [0.15, 0.2) is 30.4 Å². The molecular weight excluding hydrogens is 584 g/mol. The smallest absolute Gasteiger partial charge is 0.220 e. The molecule has 1 aliphatic heterocycles. The summed E-state index contributed by atoms with van der Waals surface area (Å²) in [5, 5.41) is 12.4. The van der Waals surface area contributed by atoms with Gasteiger partial charge in [-0.2, -0.15) is 0 Å². The first-order chi connectivity index (χ1) is 21.7. The van der Waals surface area contributed by atoms with Crippen LogP contribution in [0.1, 0.15) is 90.1 Å². The maximum atomic E-state index is 12.3. The van der Waals surface area contributed by atoms with Crippen molar-refractivity contribution in [2.45, 2.75) is 92.0 Å². The number of aromatic nitrogens is 1. The van der Waals surface area contributed by atoms with Gasteiger partial charge >= 0.3 is 0 Å². The van der Waals surface area contributed by atoms with Gasteiger partial charge < -0.3 is 21.3 Å². The van der Waals surface area contributed by atoms with E-state index in [9.17, 15) is 9.59 Å². The molecule has 0 saturated carbocycles. The van der Waals surface area contributed by atoms with Crippen LogP contribution in [-0.4, -0.2) is 88.9 Å². The molecule has 2 aromatic rings. The Hall–Kier alpha value is -2.66. The van der Waals surface area contributed by atoms with Crippen LogP contribution in [0.25, 0.3) is 10.2 Å². The Kier molecular flexibility index (Phi) is 29.7. The molecule has 1 aromatic carbocycles. The Labute approximate surface area is 278 Å². The summed E-state index contributed by atoms with van der Waals surface area (Å²) in [6.45, 7) is 16.9. The fourth-order valence-electron chi connectivity index (χ4n) is 4.26. The molecule has 1 aromatic heterocycles. The number of thiazole rings is 1. The molecule has 10 heteroatoms. The molecule has 45 heavy (non-hydrogen) atoms. The van der Waals surface area contributed by atoms with Crippen LogP contribution in [0.2, 0.25) is 0 Å². The molecule has 1 fully saturated rings. The minimum atomic E-state index is 0.114. The van der Waals surface area contributed by atoms with Crippen molar-refractivity contribution < 1.29 is 14.4 Å². The van der Waals surface area contributed by atoms with Gasteiger partial charge in [0.25, 0.3) is 0 Å². The highest BCUT2D eigenvalue weighted by Gasteiger charge is 2.18. The summed E-state index contributed by atoms with van der Waals surface area (Å²) in [4.78, 5) is 38.4. The van der Waals surface area contributed by atoms with Crippen LogP contribution in [0, 0.1) is 5.92 Å². The van der Waals surface area contributed by atoms with Gasteiger partial charge in [0, 0.05) is 39.0 Å². The molecule has 1 aliphatic rings. The number of hydrogen-bond acceptors (Lipinski definition) is 8. The number of rotatable bonds is 13. The summed E-state index contributed by atoms with van der Waals surface area (Å²) in [5.41, 5.74) is 2.38. The van der Waals surface area contributed by atoms with Gasteiger partial charge in [-0.3, -0.25) is 19.3 Å². The highest BCUT2D eigenvalue weighted by atomic mass is 32.1.